The van der Waals surface area contributed by atoms with E-state index in [2.05, 4.69) is 4.74 Å². The van der Waals surface area contributed by atoms with Gasteiger partial charge < -0.3 is 22.4 Å². The molecular weight excluding hydrogens is 328 g/mol. The average Bonchev–Trinajstić information content (AvgIpc) is 2.27. The standard InChI is InChI=1S/C11H12BF6O2.K/c1-8-2-3-10(9(6-8)12(16,17)18)20-5-4-19-7-11(13,14)15;/h2-3,6H,4-5,7H2,1H3;/q-1;+1. The van der Waals surface area contributed by atoms with Gasteiger partial charge in [0.25, 0.3) is 0 Å². The Labute approximate surface area is 160 Å². The van der Waals surface area contributed by atoms with Gasteiger partial charge in [0.05, 0.1) is 12.4 Å². The van der Waals surface area contributed by atoms with Crippen LogP contribution in [-0.2, 0) is 4.74 Å². The predicted molar refractivity (Wildman–Crippen MR) is 62.3 cm³/mol. The Bertz CT molecular complexity index is 449. The number of halogens is 6. The maximum atomic E-state index is 12.8. The molecular formula is C11H12BF6KO2. The molecule has 0 radical (unpaired) electrons. The van der Waals surface area contributed by atoms with E-state index in [-0.39, 0.29) is 51.4 Å². The molecule has 0 N–H and O–H groups in total. The molecule has 0 fully saturated rings. The van der Waals surface area contributed by atoms with Crippen molar-refractivity contribution in [2.45, 2.75) is 13.1 Å². The number of hydrogen-bond acceptors (Lipinski definition) is 2. The zero-order valence-electron chi connectivity index (χ0n) is 11.5. The second-order valence-corrected chi connectivity index (χ2v) is 4.13. The van der Waals surface area contributed by atoms with E-state index in [1.165, 1.54) is 13.0 Å². The molecule has 0 atom stereocenters. The Hall–Kier alpha value is 0.261. The van der Waals surface area contributed by atoms with Crippen LogP contribution in [0.1, 0.15) is 5.56 Å². The summed E-state index contributed by atoms with van der Waals surface area (Å²) in [7, 11) is 0. The van der Waals surface area contributed by atoms with Crippen LogP contribution in [0.3, 0.4) is 0 Å². The van der Waals surface area contributed by atoms with Crippen molar-refractivity contribution < 1.29 is 87.0 Å². The quantitative estimate of drug-likeness (QED) is 0.413. The van der Waals surface area contributed by atoms with Crippen LogP contribution in [0.15, 0.2) is 18.2 Å². The van der Waals surface area contributed by atoms with Crippen LogP contribution in [0.4, 0.5) is 26.1 Å². The molecule has 0 aromatic heterocycles. The minimum Gasteiger partial charge on any atom is -0.494 e. The summed E-state index contributed by atoms with van der Waals surface area (Å²) in [6.45, 7) is -6.04. The van der Waals surface area contributed by atoms with Crippen molar-refractivity contribution in [3.63, 3.8) is 0 Å². The normalized spacial score (nSPS) is 12.0. The van der Waals surface area contributed by atoms with Crippen molar-refractivity contribution in [2.75, 3.05) is 19.8 Å². The fourth-order valence-corrected chi connectivity index (χ4v) is 1.45. The molecule has 1 aromatic carbocycles. The first-order valence-electron chi connectivity index (χ1n) is 5.67. The molecule has 2 nitrogen and oxygen atoms in total. The first-order chi connectivity index (χ1) is 9.09. The molecule has 0 amide bonds. The summed E-state index contributed by atoms with van der Waals surface area (Å²) in [6.07, 6.45) is -4.47. The zero-order chi connectivity index (χ0) is 15.4. The minimum absolute atomic E-state index is 0. The molecule has 0 aliphatic heterocycles. The van der Waals surface area contributed by atoms with Gasteiger partial charge >= 0.3 is 64.5 Å². The molecule has 0 spiro atoms. The van der Waals surface area contributed by atoms with E-state index < -0.39 is 44.2 Å². The summed E-state index contributed by atoms with van der Waals surface area (Å²) in [5, 5.41) is 0. The molecule has 10 heteroatoms. The van der Waals surface area contributed by atoms with E-state index in [4.69, 9.17) is 4.74 Å². The third kappa shape index (κ3) is 8.46. The second kappa shape index (κ2) is 8.78. The molecule has 0 saturated carbocycles. The third-order valence-electron chi connectivity index (χ3n) is 2.27. The Morgan fingerprint density at radius 2 is 1.71 bits per heavy atom. The Morgan fingerprint density at radius 1 is 1.10 bits per heavy atom. The van der Waals surface area contributed by atoms with Crippen LogP contribution in [0, 0.1) is 6.92 Å². The van der Waals surface area contributed by atoms with Crippen LogP contribution in [0.2, 0.25) is 0 Å². The third-order valence-corrected chi connectivity index (χ3v) is 2.27. The fourth-order valence-electron chi connectivity index (χ4n) is 1.45. The number of aryl methyl sites for hydroxylation is 1. The zero-order valence-corrected chi connectivity index (χ0v) is 14.6. The van der Waals surface area contributed by atoms with Crippen molar-refractivity contribution in [3.8, 4) is 5.75 Å². The summed E-state index contributed by atoms with van der Waals surface area (Å²) < 4.78 is 82.6. The summed E-state index contributed by atoms with van der Waals surface area (Å²) in [5.41, 5.74) is -0.485. The van der Waals surface area contributed by atoms with E-state index in [9.17, 15) is 26.1 Å². The predicted octanol–water partition coefficient (Wildman–Crippen LogP) is 0.0111. The van der Waals surface area contributed by atoms with E-state index >= 15 is 0 Å². The van der Waals surface area contributed by atoms with Crippen molar-refractivity contribution in [1.82, 2.24) is 0 Å². The SMILES string of the molecule is Cc1ccc(OCCOCC(F)(F)F)c([B-](F)(F)F)c1.[K+]. The molecule has 1 aromatic rings. The number of ether oxygens (including phenoxy) is 2. The van der Waals surface area contributed by atoms with E-state index in [0.717, 1.165) is 12.1 Å². The molecule has 0 aliphatic rings. The molecule has 0 heterocycles. The van der Waals surface area contributed by atoms with Gasteiger partial charge in [-0.1, -0.05) is 23.2 Å². The first-order valence-corrected chi connectivity index (χ1v) is 5.67. The first kappa shape index (κ1) is 21.3. The molecule has 0 aliphatic carbocycles. The van der Waals surface area contributed by atoms with Gasteiger partial charge in [-0.3, -0.25) is 0 Å². The molecule has 0 bridgehead atoms. The van der Waals surface area contributed by atoms with Crippen LogP contribution in [0.5, 0.6) is 5.75 Å². The molecule has 0 saturated heterocycles. The number of hydrogen-bond donors (Lipinski definition) is 0. The van der Waals surface area contributed by atoms with Crippen LogP contribution >= 0.6 is 0 Å². The van der Waals surface area contributed by atoms with Crippen LogP contribution < -0.4 is 61.6 Å². The molecule has 21 heavy (non-hydrogen) atoms. The maximum Gasteiger partial charge on any atom is 1.00 e. The van der Waals surface area contributed by atoms with Gasteiger partial charge in [0, 0.05) is 0 Å². The number of rotatable bonds is 6. The summed E-state index contributed by atoms with van der Waals surface area (Å²) >= 11 is 0. The average molecular weight is 340 g/mol. The summed E-state index contributed by atoms with van der Waals surface area (Å²) in [5.74, 6) is -0.404. The Morgan fingerprint density at radius 3 is 2.24 bits per heavy atom. The largest absolute Gasteiger partial charge is 1.00 e. The molecule has 0 unspecified atom stereocenters. The van der Waals surface area contributed by atoms with Gasteiger partial charge in [-0.25, -0.2) is 0 Å². The second-order valence-electron chi connectivity index (χ2n) is 4.13. The van der Waals surface area contributed by atoms with Gasteiger partial charge in [-0.15, -0.1) is 0 Å². The van der Waals surface area contributed by atoms with Crippen LogP contribution in [0.25, 0.3) is 0 Å². The van der Waals surface area contributed by atoms with Crippen molar-refractivity contribution in [2.24, 2.45) is 0 Å². The van der Waals surface area contributed by atoms with Crippen LogP contribution in [-0.4, -0.2) is 33.0 Å². The van der Waals surface area contributed by atoms with Gasteiger partial charge in [-0.05, 0) is 13.0 Å². The summed E-state index contributed by atoms with van der Waals surface area (Å²) in [4.78, 5) is 0. The van der Waals surface area contributed by atoms with Gasteiger partial charge in [-0.2, -0.15) is 13.2 Å². The topological polar surface area (TPSA) is 18.5 Å². The van der Waals surface area contributed by atoms with E-state index in [1.807, 2.05) is 0 Å². The van der Waals surface area contributed by atoms with Crippen molar-refractivity contribution in [1.29, 1.82) is 0 Å². The molecule has 1 rings (SSSR count). The Balaban J connectivity index is 0.00000400. The van der Waals surface area contributed by atoms with Gasteiger partial charge in [0.15, 0.2) is 0 Å². The monoisotopic (exact) mass is 340 g/mol. The van der Waals surface area contributed by atoms with E-state index in [0.29, 0.717) is 5.56 Å². The number of benzene rings is 1. The Kier molecular flexibility index (Phi) is 8.89. The van der Waals surface area contributed by atoms with Gasteiger partial charge in [0.1, 0.15) is 13.2 Å². The minimum atomic E-state index is -5.25. The maximum absolute atomic E-state index is 12.8. The fraction of sp³-hybridized carbons (Fsp3) is 0.455. The van der Waals surface area contributed by atoms with E-state index in [1.54, 1.807) is 0 Å². The smallest absolute Gasteiger partial charge is 0.494 e. The van der Waals surface area contributed by atoms with Crippen molar-refractivity contribution >= 4 is 12.4 Å². The summed E-state index contributed by atoms with van der Waals surface area (Å²) in [6, 6.07) is 3.51. The molecule has 114 valence electrons. The van der Waals surface area contributed by atoms with Crippen molar-refractivity contribution in [3.05, 3.63) is 23.8 Å². The number of alkyl halides is 3. The van der Waals surface area contributed by atoms with Gasteiger partial charge in [0.2, 0.25) is 0 Å².